The van der Waals surface area contributed by atoms with Crippen LogP contribution in [-0.2, 0) is 0 Å². The maximum absolute atomic E-state index is 6.04. The van der Waals surface area contributed by atoms with Gasteiger partial charge in [-0.1, -0.05) is 48.9 Å². The predicted octanol–water partition coefficient (Wildman–Crippen LogP) is 5.15. The fraction of sp³-hybridized carbons (Fsp3) is 0.222. The van der Waals surface area contributed by atoms with E-state index in [1.54, 1.807) is 0 Å². The minimum absolute atomic E-state index is 0.124. The van der Waals surface area contributed by atoms with Crippen LogP contribution in [0.2, 0.25) is 5.02 Å². The summed E-state index contributed by atoms with van der Waals surface area (Å²) in [6.07, 6.45) is 0. The average molecular weight is 300 g/mol. The molecule has 2 unspecified atom stereocenters. The van der Waals surface area contributed by atoms with Crippen molar-refractivity contribution < 1.29 is 4.42 Å². The van der Waals surface area contributed by atoms with Gasteiger partial charge < -0.3 is 9.73 Å². The highest BCUT2D eigenvalue weighted by molar-refractivity contribution is 6.31. The minimum Gasteiger partial charge on any atom is -0.459 e. The zero-order chi connectivity index (χ0) is 14.8. The summed E-state index contributed by atoms with van der Waals surface area (Å²) < 4.78 is 6.00. The molecule has 1 heterocycles. The van der Waals surface area contributed by atoms with Crippen molar-refractivity contribution in [2.45, 2.75) is 18.9 Å². The summed E-state index contributed by atoms with van der Waals surface area (Å²) in [7, 11) is 1.96. The Kier molecular flexibility index (Phi) is 4.00. The molecule has 0 radical (unpaired) electrons. The van der Waals surface area contributed by atoms with E-state index in [4.69, 9.17) is 16.0 Å². The predicted molar refractivity (Wildman–Crippen MR) is 87.9 cm³/mol. The van der Waals surface area contributed by atoms with E-state index in [2.05, 4.69) is 42.6 Å². The lowest BCUT2D eigenvalue weighted by Gasteiger charge is -2.22. The quantitative estimate of drug-likeness (QED) is 0.720. The molecule has 3 heteroatoms. The van der Waals surface area contributed by atoms with Gasteiger partial charge in [-0.25, -0.2) is 0 Å². The Morgan fingerprint density at radius 2 is 1.81 bits per heavy atom. The summed E-state index contributed by atoms with van der Waals surface area (Å²) in [4.78, 5) is 0. The van der Waals surface area contributed by atoms with Gasteiger partial charge in [0.15, 0.2) is 0 Å². The molecule has 2 nitrogen and oxygen atoms in total. The molecule has 108 valence electrons. The maximum Gasteiger partial charge on any atom is 0.134 e. The van der Waals surface area contributed by atoms with E-state index in [1.165, 1.54) is 5.56 Å². The van der Waals surface area contributed by atoms with Crippen LogP contribution in [0.25, 0.3) is 11.0 Å². The number of hydrogen-bond acceptors (Lipinski definition) is 2. The zero-order valence-electron chi connectivity index (χ0n) is 12.1. The van der Waals surface area contributed by atoms with E-state index in [0.29, 0.717) is 5.92 Å². The normalized spacial score (nSPS) is 14.2. The van der Waals surface area contributed by atoms with Crippen LogP contribution in [0.15, 0.2) is 59.0 Å². The Labute approximate surface area is 129 Å². The number of benzene rings is 2. The molecule has 0 aliphatic rings. The largest absolute Gasteiger partial charge is 0.459 e. The summed E-state index contributed by atoms with van der Waals surface area (Å²) in [5, 5.41) is 5.13. The molecule has 0 spiro atoms. The minimum atomic E-state index is 0.124. The highest BCUT2D eigenvalue weighted by atomic mass is 35.5. The summed E-state index contributed by atoms with van der Waals surface area (Å²) in [5.41, 5.74) is 2.16. The Morgan fingerprint density at radius 3 is 2.52 bits per heavy atom. The van der Waals surface area contributed by atoms with E-state index in [0.717, 1.165) is 21.8 Å². The van der Waals surface area contributed by atoms with Crippen LogP contribution in [0.1, 0.15) is 30.2 Å². The van der Waals surface area contributed by atoms with Gasteiger partial charge in [0.2, 0.25) is 0 Å². The number of nitrogens with one attached hydrogen (secondary N) is 1. The number of rotatable bonds is 4. The SMILES string of the molecule is CNC(c1cc2cc(Cl)ccc2o1)C(C)c1ccccc1. The summed E-state index contributed by atoms with van der Waals surface area (Å²) >= 11 is 6.04. The molecule has 0 amide bonds. The van der Waals surface area contributed by atoms with Crippen molar-refractivity contribution in [3.05, 3.63) is 70.9 Å². The first kappa shape index (κ1) is 14.2. The number of fused-ring (bicyclic) bond motifs is 1. The van der Waals surface area contributed by atoms with Crippen molar-refractivity contribution in [2.75, 3.05) is 7.05 Å². The van der Waals surface area contributed by atoms with Gasteiger partial charge in [-0.2, -0.15) is 0 Å². The van der Waals surface area contributed by atoms with Gasteiger partial charge in [-0.05, 0) is 36.9 Å². The number of hydrogen-bond donors (Lipinski definition) is 1. The first-order chi connectivity index (χ1) is 10.2. The molecule has 0 saturated heterocycles. The lowest BCUT2D eigenvalue weighted by Crippen LogP contribution is -2.21. The molecule has 0 aliphatic heterocycles. The molecule has 3 rings (SSSR count). The van der Waals surface area contributed by atoms with Crippen molar-refractivity contribution in [1.29, 1.82) is 0 Å². The van der Waals surface area contributed by atoms with Crippen LogP contribution in [0.4, 0.5) is 0 Å². The first-order valence-corrected chi connectivity index (χ1v) is 7.48. The van der Waals surface area contributed by atoms with E-state index in [9.17, 15) is 0 Å². The van der Waals surface area contributed by atoms with Gasteiger partial charge in [-0.3, -0.25) is 0 Å². The van der Waals surface area contributed by atoms with Gasteiger partial charge in [0, 0.05) is 16.3 Å². The second kappa shape index (κ2) is 5.92. The number of furan rings is 1. The number of likely N-dealkylation sites (N-methyl/N-ethyl adjacent to an activating group) is 1. The lowest BCUT2D eigenvalue weighted by atomic mass is 9.92. The molecule has 3 aromatic rings. The van der Waals surface area contributed by atoms with Crippen molar-refractivity contribution in [3.8, 4) is 0 Å². The molecular weight excluding hydrogens is 282 g/mol. The smallest absolute Gasteiger partial charge is 0.134 e. The third-order valence-electron chi connectivity index (χ3n) is 3.94. The number of halogens is 1. The van der Waals surface area contributed by atoms with E-state index in [-0.39, 0.29) is 6.04 Å². The molecular formula is C18H18ClNO. The zero-order valence-corrected chi connectivity index (χ0v) is 12.9. The van der Waals surface area contributed by atoms with E-state index < -0.39 is 0 Å². The Balaban J connectivity index is 1.98. The Bertz CT molecular complexity index is 735. The van der Waals surface area contributed by atoms with Crippen LogP contribution in [0.3, 0.4) is 0 Å². The van der Waals surface area contributed by atoms with Gasteiger partial charge in [-0.15, -0.1) is 0 Å². The van der Waals surface area contributed by atoms with Gasteiger partial charge in [0.1, 0.15) is 11.3 Å². The molecule has 0 aliphatic carbocycles. The molecule has 2 atom stereocenters. The monoisotopic (exact) mass is 299 g/mol. The maximum atomic E-state index is 6.04. The fourth-order valence-corrected chi connectivity index (χ4v) is 2.96. The highest BCUT2D eigenvalue weighted by Crippen LogP contribution is 2.34. The molecule has 21 heavy (non-hydrogen) atoms. The lowest BCUT2D eigenvalue weighted by molar-refractivity contribution is 0.410. The average Bonchev–Trinajstić information content (AvgIpc) is 2.91. The van der Waals surface area contributed by atoms with E-state index in [1.807, 2.05) is 31.3 Å². The second-order valence-corrected chi connectivity index (χ2v) is 5.73. The molecule has 1 aromatic heterocycles. The van der Waals surface area contributed by atoms with Gasteiger partial charge in [0.05, 0.1) is 6.04 Å². The molecule has 0 saturated carbocycles. The van der Waals surface area contributed by atoms with Gasteiger partial charge >= 0.3 is 0 Å². The molecule has 0 bridgehead atoms. The highest BCUT2D eigenvalue weighted by Gasteiger charge is 2.22. The fourth-order valence-electron chi connectivity index (χ4n) is 2.78. The van der Waals surface area contributed by atoms with Crippen molar-refractivity contribution in [1.82, 2.24) is 5.32 Å². The van der Waals surface area contributed by atoms with Crippen LogP contribution in [0, 0.1) is 0 Å². The standard InChI is InChI=1S/C18H18ClNO/c1-12(13-6-4-3-5-7-13)18(20-2)17-11-14-10-15(19)8-9-16(14)21-17/h3-12,18,20H,1-2H3. The molecule has 1 N–H and O–H groups in total. The van der Waals surface area contributed by atoms with Crippen molar-refractivity contribution in [2.24, 2.45) is 0 Å². The third kappa shape index (κ3) is 2.82. The summed E-state index contributed by atoms with van der Waals surface area (Å²) in [6, 6.07) is 18.4. The van der Waals surface area contributed by atoms with Crippen LogP contribution < -0.4 is 5.32 Å². The van der Waals surface area contributed by atoms with Crippen molar-refractivity contribution in [3.63, 3.8) is 0 Å². The third-order valence-corrected chi connectivity index (χ3v) is 4.18. The summed E-state index contributed by atoms with van der Waals surface area (Å²) in [6.45, 7) is 2.21. The Hall–Kier alpha value is -1.77. The van der Waals surface area contributed by atoms with Crippen LogP contribution in [0.5, 0.6) is 0 Å². The molecule has 2 aromatic carbocycles. The topological polar surface area (TPSA) is 25.2 Å². The summed E-state index contributed by atoms with van der Waals surface area (Å²) in [5.74, 6) is 1.25. The molecule has 0 fully saturated rings. The van der Waals surface area contributed by atoms with Crippen molar-refractivity contribution >= 4 is 22.6 Å². The Morgan fingerprint density at radius 1 is 1.05 bits per heavy atom. The van der Waals surface area contributed by atoms with Crippen LogP contribution >= 0.6 is 11.6 Å². The second-order valence-electron chi connectivity index (χ2n) is 5.30. The van der Waals surface area contributed by atoms with Gasteiger partial charge in [0.25, 0.3) is 0 Å². The first-order valence-electron chi connectivity index (χ1n) is 7.10. The van der Waals surface area contributed by atoms with E-state index >= 15 is 0 Å². The van der Waals surface area contributed by atoms with Crippen LogP contribution in [-0.4, -0.2) is 7.05 Å².